The van der Waals surface area contributed by atoms with Crippen molar-refractivity contribution in [2.24, 2.45) is 0 Å². The van der Waals surface area contributed by atoms with Crippen LogP contribution in [0, 0.1) is 0 Å². The fourth-order valence-electron chi connectivity index (χ4n) is 3.65. The molecule has 2 aromatic carbocycles. The molecule has 6 heteroatoms. The number of para-hydroxylation sites is 1. The van der Waals surface area contributed by atoms with Crippen molar-refractivity contribution in [2.45, 2.75) is 25.4 Å². The lowest BCUT2D eigenvalue weighted by molar-refractivity contribution is -0.122. The first-order valence-corrected chi connectivity index (χ1v) is 9.24. The molecule has 0 aliphatic heterocycles. The Bertz CT molecular complexity index is 1070. The summed E-state index contributed by atoms with van der Waals surface area (Å²) in [6, 6.07) is 18.6. The van der Waals surface area contributed by atoms with Gasteiger partial charge in [0.1, 0.15) is 12.3 Å². The standard InChI is InChI=1S/C22H21N3O3/c1-28-20-9-5-4-8-17(20)19-12-13-22(27)25(24-19)14-21(26)23-18-11-10-15-6-2-3-7-16(15)18/h2-9,12-13,18H,10-11,14H2,1H3,(H,23,26)/t18-/m1/s1. The summed E-state index contributed by atoms with van der Waals surface area (Å²) >= 11 is 0. The molecule has 1 aromatic heterocycles. The van der Waals surface area contributed by atoms with Gasteiger partial charge in [-0.15, -0.1) is 0 Å². The smallest absolute Gasteiger partial charge is 0.267 e. The molecule has 4 rings (SSSR count). The number of carbonyl (C=O) groups is 1. The largest absolute Gasteiger partial charge is 0.496 e. The van der Waals surface area contributed by atoms with E-state index in [0.717, 1.165) is 24.0 Å². The van der Waals surface area contributed by atoms with Gasteiger partial charge in [0.25, 0.3) is 5.56 Å². The molecule has 1 aliphatic carbocycles. The maximum atomic E-state index is 12.6. The van der Waals surface area contributed by atoms with E-state index >= 15 is 0 Å². The van der Waals surface area contributed by atoms with Crippen LogP contribution in [0.4, 0.5) is 0 Å². The molecule has 1 aliphatic rings. The van der Waals surface area contributed by atoms with E-state index in [1.165, 1.54) is 16.3 Å². The summed E-state index contributed by atoms with van der Waals surface area (Å²) in [6.07, 6.45) is 1.82. The maximum Gasteiger partial charge on any atom is 0.267 e. The van der Waals surface area contributed by atoms with E-state index in [1.54, 1.807) is 13.2 Å². The molecule has 1 atom stereocenters. The molecule has 0 fully saturated rings. The van der Waals surface area contributed by atoms with Crippen molar-refractivity contribution in [3.63, 3.8) is 0 Å². The van der Waals surface area contributed by atoms with E-state index in [2.05, 4.69) is 16.5 Å². The number of rotatable bonds is 5. The number of fused-ring (bicyclic) bond motifs is 1. The van der Waals surface area contributed by atoms with E-state index in [1.807, 2.05) is 42.5 Å². The summed E-state index contributed by atoms with van der Waals surface area (Å²) in [5, 5.41) is 7.40. The average molecular weight is 375 g/mol. The molecule has 1 heterocycles. The topological polar surface area (TPSA) is 73.2 Å². The van der Waals surface area contributed by atoms with Crippen molar-refractivity contribution < 1.29 is 9.53 Å². The zero-order valence-corrected chi connectivity index (χ0v) is 15.6. The quantitative estimate of drug-likeness (QED) is 0.744. The highest BCUT2D eigenvalue weighted by atomic mass is 16.5. The average Bonchev–Trinajstić information content (AvgIpc) is 3.12. The van der Waals surface area contributed by atoms with Gasteiger partial charge in [-0.25, -0.2) is 4.68 Å². The first-order valence-electron chi connectivity index (χ1n) is 9.24. The van der Waals surface area contributed by atoms with E-state index in [9.17, 15) is 9.59 Å². The molecule has 6 nitrogen and oxygen atoms in total. The number of ether oxygens (including phenoxy) is 1. The Morgan fingerprint density at radius 2 is 1.93 bits per heavy atom. The molecule has 0 saturated heterocycles. The summed E-state index contributed by atoms with van der Waals surface area (Å²) in [4.78, 5) is 24.8. The highest BCUT2D eigenvalue weighted by molar-refractivity contribution is 5.76. The normalized spacial score (nSPS) is 15.1. The number of hydrogen-bond donors (Lipinski definition) is 1. The second-order valence-electron chi connectivity index (χ2n) is 6.77. The van der Waals surface area contributed by atoms with Gasteiger partial charge in [-0.05, 0) is 42.2 Å². The Kier molecular flexibility index (Phi) is 4.93. The Morgan fingerprint density at radius 1 is 1.14 bits per heavy atom. The number of methoxy groups -OCH3 is 1. The van der Waals surface area contributed by atoms with E-state index in [0.29, 0.717) is 11.4 Å². The van der Waals surface area contributed by atoms with E-state index in [-0.39, 0.29) is 24.1 Å². The number of aryl methyl sites for hydroxylation is 1. The second-order valence-corrected chi connectivity index (χ2v) is 6.77. The van der Waals surface area contributed by atoms with E-state index < -0.39 is 0 Å². The number of aromatic nitrogens is 2. The van der Waals surface area contributed by atoms with Gasteiger partial charge < -0.3 is 10.1 Å². The SMILES string of the molecule is COc1ccccc1-c1ccc(=O)n(CC(=O)N[C@@H]2CCc3ccccc32)n1. The fourth-order valence-corrected chi connectivity index (χ4v) is 3.65. The minimum Gasteiger partial charge on any atom is -0.496 e. The summed E-state index contributed by atoms with van der Waals surface area (Å²) < 4.78 is 6.56. The summed E-state index contributed by atoms with van der Waals surface area (Å²) in [7, 11) is 1.59. The zero-order valence-electron chi connectivity index (χ0n) is 15.6. The number of nitrogens with one attached hydrogen (secondary N) is 1. The summed E-state index contributed by atoms with van der Waals surface area (Å²) in [5.74, 6) is 0.431. The number of nitrogens with zero attached hydrogens (tertiary/aromatic N) is 2. The van der Waals surface area contributed by atoms with Crippen LogP contribution in [-0.2, 0) is 17.8 Å². The minimum absolute atomic E-state index is 0.0168. The molecule has 0 unspecified atom stereocenters. The molecular weight excluding hydrogens is 354 g/mol. The molecule has 0 bridgehead atoms. The molecule has 3 aromatic rings. The van der Waals surface area contributed by atoms with Gasteiger partial charge in [0.2, 0.25) is 5.91 Å². The van der Waals surface area contributed by atoms with Gasteiger partial charge >= 0.3 is 0 Å². The predicted molar refractivity (Wildman–Crippen MR) is 106 cm³/mol. The van der Waals surface area contributed by atoms with Crippen LogP contribution in [0.2, 0.25) is 0 Å². The molecule has 0 spiro atoms. The van der Waals surface area contributed by atoms with Crippen molar-refractivity contribution >= 4 is 5.91 Å². The highest BCUT2D eigenvalue weighted by Gasteiger charge is 2.23. The Hall–Kier alpha value is -3.41. The summed E-state index contributed by atoms with van der Waals surface area (Å²) in [6.45, 7) is -0.125. The van der Waals surface area contributed by atoms with Crippen LogP contribution in [0.3, 0.4) is 0 Å². The summed E-state index contributed by atoms with van der Waals surface area (Å²) in [5.41, 5.74) is 3.45. The van der Waals surface area contributed by atoms with Crippen molar-refractivity contribution in [3.05, 3.63) is 82.1 Å². The van der Waals surface area contributed by atoms with Gasteiger partial charge in [-0.3, -0.25) is 9.59 Å². The van der Waals surface area contributed by atoms with Crippen LogP contribution < -0.4 is 15.6 Å². The van der Waals surface area contributed by atoms with Gasteiger partial charge in [-0.2, -0.15) is 5.10 Å². The van der Waals surface area contributed by atoms with Gasteiger partial charge in [0, 0.05) is 11.6 Å². The molecule has 142 valence electrons. The fraction of sp³-hybridized carbons (Fsp3) is 0.227. The van der Waals surface area contributed by atoms with Gasteiger partial charge in [-0.1, -0.05) is 36.4 Å². The third-order valence-corrected chi connectivity index (χ3v) is 5.01. The van der Waals surface area contributed by atoms with Gasteiger partial charge in [0.15, 0.2) is 0 Å². The first-order chi connectivity index (χ1) is 13.7. The van der Waals surface area contributed by atoms with Crippen LogP contribution in [0.5, 0.6) is 5.75 Å². The molecule has 0 radical (unpaired) electrons. The molecule has 28 heavy (non-hydrogen) atoms. The van der Waals surface area contributed by atoms with Crippen LogP contribution in [-0.4, -0.2) is 22.8 Å². The number of amides is 1. The monoisotopic (exact) mass is 375 g/mol. The lowest BCUT2D eigenvalue weighted by Gasteiger charge is -2.15. The first kappa shape index (κ1) is 18.0. The Balaban J connectivity index is 1.54. The Morgan fingerprint density at radius 3 is 2.79 bits per heavy atom. The zero-order chi connectivity index (χ0) is 19.5. The second kappa shape index (κ2) is 7.68. The van der Waals surface area contributed by atoms with Crippen LogP contribution in [0.15, 0.2) is 65.5 Å². The molecular formula is C22H21N3O3. The highest BCUT2D eigenvalue weighted by Crippen LogP contribution is 2.30. The van der Waals surface area contributed by atoms with E-state index in [4.69, 9.17) is 4.74 Å². The molecule has 1 amide bonds. The maximum absolute atomic E-state index is 12.6. The van der Waals surface area contributed by atoms with Crippen LogP contribution >= 0.6 is 0 Å². The van der Waals surface area contributed by atoms with Crippen LogP contribution in [0.1, 0.15) is 23.6 Å². The van der Waals surface area contributed by atoms with Crippen LogP contribution in [0.25, 0.3) is 11.3 Å². The van der Waals surface area contributed by atoms with Gasteiger partial charge in [0.05, 0.1) is 18.8 Å². The van der Waals surface area contributed by atoms with Crippen molar-refractivity contribution in [3.8, 4) is 17.0 Å². The minimum atomic E-state index is -0.319. The third kappa shape index (κ3) is 3.53. The third-order valence-electron chi connectivity index (χ3n) is 5.01. The predicted octanol–water partition coefficient (Wildman–Crippen LogP) is 2.72. The number of hydrogen-bond acceptors (Lipinski definition) is 4. The van der Waals surface area contributed by atoms with Crippen molar-refractivity contribution in [2.75, 3.05) is 7.11 Å². The molecule has 0 saturated carbocycles. The van der Waals surface area contributed by atoms with Crippen molar-refractivity contribution in [1.29, 1.82) is 0 Å². The van der Waals surface area contributed by atoms with Crippen molar-refractivity contribution in [1.82, 2.24) is 15.1 Å². The number of benzene rings is 2. The number of carbonyl (C=O) groups excluding carboxylic acids is 1. The lowest BCUT2D eigenvalue weighted by atomic mass is 10.1. The lowest BCUT2D eigenvalue weighted by Crippen LogP contribution is -2.35. The molecule has 1 N–H and O–H groups in total. The Labute approximate surface area is 162 Å².